The molecule has 2 heterocycles. The summed E-state index contributed by atoms with van der Waals surface area (Å²) >= 11 is 3.49. The maximum atomic E-state index is 5.73. The molecule has 0 saturated carbocycles. The number of aromatic nitrogens is 2. The number of fused-ring (bicyclic) bond motifs is 1. The number of benzene rings is 1. The van der Waals surface area contributed by atoms with Gasteiger partial charge in [-0.25, -0.2) is 4.98 Å². The first-order chi connectivity index (χ1) is 9.22. The largest absolute Gasteiger partial charge is 0.487 e. The number of rotatable bonds is 3. The molecule has 0 radical (unpaired) electrons. The number of imidazole rings is 1. The molecule has 4 heteroatoms. The summed E-state index contributed by atoms with van der Waals surface area (Å²) in [5.74, 6) is 0.863. The van der Waals surface area contributed by atoms with Crippen molar-refractivity contribution in [3.63, 3.8) is 0 Å². The normalized spacial score (nSPS) is 10.8. The Bertz CT molecular complexity index is 704. The third kappa shape index (κ3) is 2.63. The van der Waals surface area contributed by atoms with Gasteiger partial charge in [-0.2, -0.15) is 0 Å². The lowest BCUT2D eigenvalue weighted by molar-refractivity contribution is 0.302. The second-order valence-corrected chi connectivity index (χ2v) is 5.28. The van der Waals surface area contributed by atoms with Crippen molar-refractivity contribution in [1.29, 1.82) is 0 Å². The lowest BCUT2D eigenvalue weighted by Gasteiger charge is -2.03. The summed E-state index contributed by atoms with van der Waals surface area (Å²) in [5.41, 5.74) is 3.04. The van der Waals surface area contributed by atoms with Gasteiger partial charge in [0.05, 0.1) is 10.2 Å². The second kappa shape index (κ2) is 5.05. The van der Waals surface area contributed by atoms with Crippen LogP contribution >= 0.6 is 15.9 Å². The van der Waals surface area contributed by atoms with Crippen LogP contribution in [0.25, 0.3) is 5.65 Å². The highest BCUT2D eigenvalue weighted by Gasteiger charge is 2.05. The SMILES string of the molecule is Cc1ccc(OCc2cn3cccc(Br)c3n2)cc1. The van der Waals surface area contributed by atoms with Gasteiger partial charge in [0.25, 0.3) is 0 Å². The molecular weight excluding hydrogens is 304 g/mol. The lowest BCUT2D eigenvalue weighted by Crippen LogP contribution is -1.95. The van der Waals surface area contributed by atoms with Crippen molar-refractivity contribution in [3.05, 3.63) is 64.5 Å². The van der Waals surface area contributed by atoms with E-state index in [0.717, 1.165) is 21.6 Å². The van der Waals surface area contributed by atoms with Crippen molar-refractivity contribution in [2.45, 2.75) is 13.5 Å². The highest BCUT2D eigenvalue weighted by atomic mass is 79.9. The van der Waals surface area contributed by atoms with Crippen molar-refractivity contribution in [3.8, 4) is 5.75 Å². The van der Waals surface area contributed by atoms with Crippen LogP contribution in [0.1, 0.15) is 11.3 Å². The molecule has 0 amide bonds. The molecule has 3 rings (SSSR count). The molecule has 0 N–H and O–H groups in total. The Morgan fingerprint density at radius 1 is 1.21 bits per heavy atom. The second-order valence-electron chi connectivity index (χ2n) is 4.42. The number of ether oxygens (including phenoxy) is 1. The Hall–Kier alpha value is -1.81. The average Bonchev–Trinajstić information content (AvgIpc) is 2.83. The van der Waals surface area contributed by atoms with Gasteiger partial charge >= 0.3 is 0 Å². The van der Waals surface area contributed by atoms with Crippen LogP contribution in [0.15, 0.2) is 53.3 Å². The van der Waals surface area contributed by atoms with Gasteiger partial charge in [0, 0.05) is 12.4 Å². The molecule has 0 spiro atoms. The van der Waals surface area contributed by atoms with E-state index in [0.29, 0.717) is 6.61 Å². The molecule has 2 aromatic heterocycles. The predicted molar refractivity (Wildman–Crippen MR) is 78.4 cm³/mol. The van der Waals surface area contributed by atoms with E-state index in [4.69, 9.17) is 4.74 Å². The highest BCUT2D eigenvalue weighted by molar-refractivity contribution is 9.10. The summed E-state index contributed by atoms with van der Waals surface area (Å²) in [5, 5.41) is 0. The third-order valence-corrected chi connectivity index (χ3v) is 3.51. The van der Waals surface area contributed by atoms with E-state index in [1.807, 2.05) is 53.2 Å². The van der Waals surface area contributed by atoms with Crippen LogP contribution in [-0.4, -0.2) is 9.38 Å². The minimum Gasteiger partial charge on any atom is -0.487 e. The number of pyridine rings is 1. The molecule has 19 heavy (non-hydrogen) atoms. The molecular formula is C15H13BrN2O. The number of hydrogen-bond acceptors (Lipinski definition) is 2. The molecule has 0 bridgehead atoms. The maximum absolute atomic E-state index is 5.73. The molecule has 3 aromatic rings. The van der Waals surface area contributed by atoms with E-state index >= 15 is 0 Å². The fraction of sp³-hybridized carbons (Fsp3) is 0.133. The van der Waals surface area contributed by atoms with Crippen molar-refractivity contribution in [2.75, 3.05) is 0 Å². The molecule has 3 nitrogen and oxygen atoms in total. The van der Waals surface area contributed by atoms with Crippen molar-refractivity contribution >= 4 is 21.6 Å². The lowest BCUT2D eigenvalue weighted by atomic mass is 10.2. The number of nitrogens with zero attached hydrogens (tertiary/aromatic N) is 2. The molecule has 0 saturated heterocycles. The molecule has 0 atom stereocenters. The molecule has 0 aliphatic carbocycles. The standard InChI is InChI=1S/C15H13BrN2O/c1-11-4-6-13(7-5-11)19-10-12-9-18-8-2-3-14(16)15(18)17-12/h2-9H,10H2,1H3. The van der Waals surface area contributed by atoms with Gasteiger partial charge < -0.3 is 9.14 Å². The van der Waals surface area contributed by atoms with E-state index in [-0.39, 0.29) is 0 Å². The molecule has 0 aliphatic rings. The smallest absolute Gasteiger partial charge is 0.151 e. The molecule has 1 aromatic carbocycles. The van der Waals surface area contributed by atoms with E-state index in [1.165, 1.54) is 5.56 Å². The summed E-state index contributed by atoms with van der Waals surface area (Å²) in [7, 11) is 0. The van der Waals surface area contributed by atoms with E-state index in [9.17, 15) is 0 Å². The first-order valence-corrected chi connectivity index (χ1v) is 6.83. The van der Waals surface area contributed by atoms with Gasteiger partial charge in [-0.05, 0) is 47.1 Å². The van der Waals surface area contributed by atoms with Crippen molar-refractivity contribution in [1.82, 2.24) is 9.38 Å². The monoisotopic (exact) mass is 316 g/mol. The van der Waals surface area contributed by atoms with Gasteiger partial charge in [-0.3, -0.25) is 0 Å². The Morgan fingerprint density at radius 3 is 2.74 bits per heavy atom. The minimum atomic E-state index is 0.469. The zero-order valence-electron chi connectivity index (χ0n) is 10.5. The molecule has 0 aliphatic heterocycles. The van der Waals surface area contributed by atoms with Crippen LogP contribution in [0.5, 0.6) is 5.75 Å². The van der Waals surface area contributed by atoms with Gasteiger partial charge in [0.2, 0.25) is 0 Å². The Balaban J connectivity index is 1.78. The maximum Gasteiger partial charge on any atom is 0.151 e. The summed E-state index contributed by atoms with van der Waals surface area (Å²) in [6.45, 7) is 2.53. The quantitative estimate of drug-likeness (QED) is 0.730. The van der Waals surface area contributed by atoms with Crippen LogP contribution in [0, 0.1) is 6.92 Å². The summed E-state index contributed by atoms with van der Waals surface area (Å²) in [6, 6.07) is 12.0. The molecule has 0 unspecified atom stereocenters. The fourth-order valence-corrected chi connectivity index (χ4v) is 2.34. The van der Waals surface area contributed by atoms with Crippen molar-refractivity contribution in [2.24, 2.45) is 0 Å². The van der Waals surface area contributed by atoms with Crippen molar-refractivity contribution < 1.29 is 4.74 Å². The Labute approximate surface area is 120 Å². The van der Waals surface area contributed by atoms with Crippen LogP contribution in [0.4, 0.5) is 0 Å². The molecule has 0 fully saturated rings. The predicted octanol–water partition coefficient (Wildman–Crippen LogP) is 3.98. The van der Waals surface area contributed by atoms with E-state index in [2.05, 4.69) is 27.8 Å². The van der Waals surface area contributed by atoms with Crippen LogP contribution < -0.4 is 4.74 Å². The summed E-state index contributed by atoms with van der Waals surface area (Å²) < 4.78 is 8.69. The van der Waals surface area contributed by atoms with Gasteiger partial charge in [0.1, 0.15) is 12.4 Å². The van der Waals surface area contributed by atoms with Crippen LogP contribution in [0.2, 0.25) is 0 Å². The average molecular weight is 317 g/mol. The van der Waals surface area contributed by atoms with Crippen LogP contribution in [-0.2, 0) is 6.61 Å². The topological polar surface area (TPSA) is 26.5 Å². The van der Waals surface area contributed by atoms with Gasteiger partial charge in [-0.1, -0.05) is 17.7 Å². The Kier molecular flexibility index (Phi) is 3.25. The zero-order chi connectivity index (χ0) is 13.2. The first kappa shape index (κ1) is 12.2. The van der Waals surface area contributed by atoms with Gasteiger partial charge in [-0.15, -0.1) is 0 Å². The summed E-state index contributed by atoms with van der Waals surface area (Å²) in [6.07, 6.45) is 3.96. The Morgan fingerprint density at radius 2 is 2.00 bits per heavy atom. The first-order valence-electron chi connectivity index (χ1n) is 6.04. The van der Waals surface area contributed by atoms with E-state index < -0.39 is 0 Å². The number of hydrogen-bond donors (Lipinski definition) is 0. The number of halogens is 1. The van der Waals surface area contributed by atoms with E-state index in [1.54, 1.807) is 0 Å². The third-order valence-electron chi connectivity index (χ3n) is 2.89. The molecule has 96 valence electrons. The minimum absolute atomic E-state index is 0.469. The summed E-state index contributed by atoms with van der Waals surface area (Å²) in [4.78, 5) is 4.54. The fourth-order valence-electron chi connectivity index (χ4n) is 1.89. The highest BCUT2D eigenvalue weighted by Crippen LogP contribution is 2.18. The number of aryl methyl sites for hydroxylation is 1. The zero-order valence-corrected chi connectivity index (χ0v) is 12.1. The van der Waals surface area contributed by atoms with Crippen LogP contribution in [0.3, 0.4) is 0 Å². The van der Waals surface area contributed by atoms with Gasteiger partial charge in [0.15, 0.2) is 5.65 Å².